The Balaban J connectivity index is 2.41. The number of hydrogen-bond acceptors (Lipinski definition) is 2. The maximum Gasteiger partial charge on any atom is 0.160 e. The van der Waals surface area contributed by atoms with E-state index in [9.17, 15) is 0 Å². The third kappa shape index (κ3) is 2.96. The summed E-state index contributed by atoms with van der Waals surface area (Å²) in [6.45, 7) is 7.53. The summed E-state index contributed by atoms with van der Waals surface area (Å²) >= 11 is 11.9. The SMILES string of the molecule is CC(C)(C)CCn1c(CCl)nc2cc(Cl)cnc21. The van der Waals surface area contributed by atoms with Crippen molar-refractivity contribution >= 4 is 34.4 Å². The quantitative estimate of drug-likeness (QED) is 0.789. The van der Waals surface area contributed by atoms with E-state index in [-0.39, 0.29) is 5.41 Å². The molecule has 0 saturated carbocycles. The van der Waals surface area contributed by atoms with E-state index in [0.717, 1.165) is 30.0 Å². The van der Waals surface area contributed by atoms with Crippen LogP contribution in [0.3, 0.4) is 0 Å². The van der Waals surface area contributed by atoms with Crippen LogP contribution < -0.4 is 0 Å². The van der Waals surface area contributed by atoms with Crippen molar-refractivity contribution < 1.29 is 0 Å². The van der Waals surface area contributed by atoms with Crippen LogP contribution >= 0.6 is 23.2 Å². The van der Waals surface area contributed by atoms with Crippen molar-refractivity contribution in [1.82, 2.24) is 14.5 Å². The van der Waals surface area contributed by atoms with E-state index in [4.69, 9.17) is 23.2 Å². The monoisotopic (exact) mass is 285 g/mol. The zero-order chi connectivity index (χ0) is 13.3. The summed E-state index contributed by atoms with van der Waals surface area (Å²) in [6.07, 6.45) is 2.70. The standard InChI is InChI=1S/C13H17Cl2N3/c1-13(2,3)4-5-18-11(7-14)17-10-6-9(15)8-16-12(10)18/h6,8H,4-5,7H2,1-3H3. The number of aromatic nitrogens is 3. The molecule has 2 rings (SSSR count). The molecule has 2 aromatic heterocycles. The van der Waals surface area contributed by atoms with Gasteiger partial charge in [0.1, 0.15) is 11.3 Å². The largest absolute Gasteiger partial charge is 0.312 e. The zero-order valence-electron chi connectivity index (χ0n) is 10.9. The van der Waals surface area contributed by atoms with E-state index < -0.39 is 0 Å². The van der Waals surface area contributed by atoms with Gasteiger partial charge in [0.15, 0.2) is 5.65 Å². The smallest absolute Gasteiger partial charge is 0.160 e. The lowest BCUT2D eigenvalue weighted by Gasteiger charge is -2.19. The molecule has 0 aromatic carbocycles. The van der Waals surface area contributed by atoms with Crippen LogP contribution in [0.5, 0.6) is 0 Å². The van der Waals surface area contributed by atoms with Gasteiger partial charge in [-0.2, -0.15) is 0 Å². The van der Waals surface area contributed by atoms with Gasteiger partial charge in [0, 0.05) is 12.7 Å². The van der Waals surface area contributed by atoms with Gasteiger partial charge in [-0.3, -0.25) is 0 Å². The highest BCUT2D eigenvalue weighted by atomic mass is 35.5. The van der Waals surface area contributed by atoms with E-state index in [2.05, 4.69) is 35.3 Å². The van der Waals surface area contributed by atoms with Crippen LogP contribution in [0.15, 0.2) is 12.3 Å². The van der Waals surface area contributed by atoms with Crippen LogP contribution in [0.2, 0.25) is 5.02 Å². The Morgan fingerprint density at radius 3 is 2.67 bits per heavy atom. The number of nitrogens with zero attached hydrogens (tertiary/aromatic N) is 3. The van der Waals surface area contributed by atoms with E-state index in [1.165, 1.54) is 0 Å². The number of hydrogen-bond donors (Lipinski definition) is 0. The maximum atomic E-state index is 5.95. The summed E-state index contributed by atoms with van der Waals surface area (Å²) < 4.78 is 2.09. The summed E-state index contributed by atoms with van der Waals surface area (Å²) in [4.78, 5) is 8.84. The highest BCUT2D eigenvalue weighted by molar-refractivity contribution is 6.31. The highest BCUT2D eigenvalue weighted by Gasteiger charge is 2.15. The molecule has 0 N–H and O–H groups in total. The number of pyridine rings is 1. The Kier molecular flexibility index (Phi) is 3.83. The molecule has 0 amide bonds. The second-order valence-electron chi connectivity index (χ2n) is 5.62. The Hall–Kier alpha value is -0.800. The van der Waals surface area contributed by atoms with Crippen molar-refractivity contribution in [3.8, 4) is 0 Å². The Morgan fingerprint density at radius 2 is 2.06 bits per heavy atom. The van der Waals surface area contributed by atoms with Crippen molar-refractivity contribution in [3.63, 3.8) is 0 Å². The zero-order valence-corrected chi connectivity index (χ0v) is 12.4. The Morgan fingerprint density at radius 1 is 1.33 bits per heavy atom. The third-order valence-corrected chi connectivity index (χ3v) is 3.28. The van der Waals surface area contributed by atoms with E-state index in [1.807, 2.05) is 6.07 Å². The second kappa shape index (κ2) is 5.06. The second-order valence-corrected chi connectivity index (χ2v) is 6.32. The maximum absolute atomic E-state index is 5.95. The average Bonchev–Trinajstić information content (AvgIpc) is 2.62. The highest BCUT2D eigenvalue weighted by Crippen LogP contribution is 2.24. The minimum absolute atomic E-state index is 0.270. The number of halogens is 2. The molecule has 0 radical (unpaired) electrons. The normalized spacial score (nSPS) is 12.3. The summed E-state index contributed by atoms with van der Waals surface area (Å²) in [6, 6.07) is 1.83. The summed E-state index contributed by atoms with van der Waals surface area (Å²) in [7, 11) is 0. The van der Waals surface area contributed by atoms with Crippen LogP contribution in [0, 0.1) is 5.41 Å². The first kappa shape index (κ1) is 13.6. The molecule has 18 heavy (non-hydrogen) atoms. The number of rotatable bonds is 3. The van der Waals surface area contributed by atoms with Crippen LogP contribution in [0.1, 0.15) is 33.0 Å². The summed E-state index contributed by atoms with van der Waals surface area (Å²) in [5.41, 5.74) is 1.94. The van der Waals surface area contributed by atoms with Crippen molar-refractivity contribution in [2.24, 2.45) is 5.41 Å². The summed E-state index contributed by atoms with van der Waals surface area (Å²) in [5, 5.41) is 0.601. The molecular weight excluding hydrogens is 269 g/mol. The van der Waals surface area contributed by atoms with E-state index in [1.54, 1.807) is 6.20 Å². The van der Waals surface area contributed by atoms with Gasteiger partial charge in [0.25, 0.3) is 0 Å². The molecule has 2 aromatic rings. The fourth-order valence-electron chi connectivity index (χ4n) is 1.82. The molecule has 0 unspecified atom stereocenters. The van der Waals surface area contributed by atoms with Gasteiger partial charge in [0.2, 0.25) is 0 Å². The van der Waals surface area contributed by atoms with Gasteiger partial charge in [-0.15, -0.1) is 11.6 Å². The van der Waals surface area contributed by atoms with Crippen LogP contribution in [-0.2, 0) is 12.4 Å². The third-order valence-electron chi connectivity index (χ3n) is 2.84. The number of fused-ring (bicyclic) bond motifs is 1. The first-order valence-electron chi connectivity index (χ1n) is 5.97. The fraction of sp³-hybridized carbons (Fsp3) is 0.538. The molecule has 0 saturated heterocycles. The number of aryl methyl sites for hydroxylation is 1. The van der Waals surface area contributed by atoms with Gasteiger partial charge in [-0.1, -0.05) is 32.4 Å². The molecule has 0 spiro atoms. The first-order valence-corrected chi connectivity index (χ1v) is 6.88. The minimum atomic E-state index is 0.270. The first-order chi connectivity index (χ1) is 8.40. The molecule has 2 heterocycles. The molecule has 5 heteroatoms. The molecule has 0 aliphatic heterocycles. The number of imidazole rings is 1. The molecule has 0 aliphatic carbocycles. The molecule has 3 nitrogen and oxygen atoms in total. The topological polar surface area (TPSA) is 30.7 Å². The Labute approximate surface area is 117 Å². The molecule has 0 aliphatic rings. The van der Waals surface area contributed by atoms with Gasteiger partial charge in [0.05, 0.1) is 10.9 Å². The van der Waals surface area contributed by atoms with E-state index in [0.29, 0.717) is 10.9 Å². The van der Waals surface area contributed by atoms with Crippen LogP contribution in [0.4, 0.5) is 0 Å². The van der Waals surface area contributed by atoms with Crippen molar-refractivity contribution in [2.75, 3.05) is 0 Å². The van der Waals surface area contributed by atoms with Crippen molar-refractivity contribution in [2.45, 2.75) is 39.6 Å². The predicted molar refractivity (Wildman–Crippen MR) is 76.2 cm³/mol. The lowest BCUT2D eigenvalue weighted by molar-refractivity contribution is 0.350. The molecule has 0 fully saturated rings. The predicted octanol–water partition coefficient (Wildman–Crippen LogP) is 4.26. The lowest BCUT2D eigenvalue weighted by atomic mass is 9.92. The average molecular weight is 286 g/mol. The van der Waals surface area contributed by atoms with Gasteiger partial charge >= 0.3 is 0 Å². The van der Waals surface area contributed by atoms with Gasteiger partial charge in [-0.25, -0.2) is 9.97 Å². The Bertz CT molecular complexity index is 555. The minimum Gasteiger partial charge on any atom is -0.312 e. The van der Waals surface area contributed by atoms with E-state index >= 15 is 0 Å². The molecule has 0 atom stereocenters. The molecular formula is C13H17Cl2N3. The number of alkyl halides is 1. The van der Waals surface area contributed by atoms with Crippen molar-refractivity contribution in [3.05, 3.63) is 23.1 Å². The summed E-state index contributed by atoms with van der Waals surface area (Å²) in [5.74, 6) is 1.24. The fourth-order valence-corrected chi connectivity index (χ4v) is 2.17. The van der Waals surface area contributed by atoms with Crippen LogP contribution in [0.25, 0.3) is 11.2 Å². The molecule has 98 valence electrons. The lowest BCUT2D eigenvalue weighted by Crippen LogP contribution is -2.12. The molecule has 0 bridgehead atoms. The van der Waals surface area contributed by atoms with Crippen molar-refractivity contribution in [1.29, 1.82) is 0 Å². The van der Waals surface area contributed by atoms with Gasteiger partial charge < -0.3 is 4.57 Å². The van der Waals surface area contributed by atoms with Crippen LogP contribution in [-0.4, -0.2) is 14.5 Å². The van der Waals surface area contributed by atoms with Gasteiger partial charge in [-0.05, 0) is 17.9 Å².